The molecule has 2 aromatic carbocycles. The Kier molecular flexibility index (Phi) is 4.28. The number of phenols is 2. The SMILES string of the molecule is O=C(Nc1cc(Cl)c(Cl)cc1Cl)c1ccc(O)c(O)c1. The number of benzene rings is 2. The van der Waals surface area contributed by atoms with Crippen LogP contribution < -0.4 is 5.32 Å². The zero-order valence-electron chi connectivity index (χ0n) is 9.82. The van der Waals surface area contributed by atoms with Crippen molar-refractivity contribution in [3.63, 3.8) is 0 Å². The van der Waals surface area contributed by atoms with Gasteiger partial charge in [0.2, 0.25) is 0 Å². The smallest absolute Gasteiger partial charge is 0.255 e. The summed E-state index contributed by atoms with van der Waals surface area (Å²) in [5.41, 5.74) is 0.445. The number of aromatic hydroxyl groups is 2. The summed E-state index contributed by atoms with van der Waals surface area (Å²) in [4.78, 5) is 12.0. The molecule has 0 atom stereocenters. The van der Waals surface area contributed by atoms with Gasteiger partial charge in [0.15, 0.2) is 11.5 Å². The van der Waals surface area contributed by atoms with Crippen molar-refractivity contribution in [3.05, 3.63) is 51.0 Å². The minimum absolute atomic E-state index is 0.155. The van der Waals surface area contributed by atoms with E-state index in [1.54, 1.807) is 0 Å². The monoisotopic (exact) mass is 331 g/mol. The fourth-order valence-corrected chi connectivity index (χ4v) is 2.07. The zero-order valence-corrected chi connectivity index (χ0v) is 12.1. The standard InChI is InChI=1S/C13H8Cl3NO3/c14-7-4-9(16)10(5-8(7)15)17-13(20)6-1-2-11(18)12(19)3-6/h1-5,18-19H,(H,17,20). The van der Waals surface area contributed by atoms with Gasteiger partial charge in [-0.25, -0.2) is 0 Å². The summed E-state index contributed by atoms with van der Waals surface area (Å²) < 4.78 is 0. The van der Waals surface area contributed by atoms with Crippen LogP contribution >= 0.6 is 34.8 Å². The van der Waals surface area contributed by atoms with E-state index in [0.29, 0.717) is 5.69 Å². The van der Waals surface area contributed by atoms with Gasteiger partial charge in [-0.1, -0.05) is 34.8 Å². The maximum absolute atomic E-state index is 12.0. The molecule has 0 saturated carbocycles. The van der Waals surface area contributed by atoms with E-state index in [1.807, 2.05) is 0 Å². The van der Waals surface area contributed by atoms with Gasteiger partial charge >= 0.3 is 0 Å². The Labute approximate surface area is 129 Å². The summed E-state index contributed by atoms with van der Waals surface area (Å²) >= 11 is 17.6. The van der Waals surface area contributed by atoms with Crippen molar-refractivity contribution in [2.24, 2.45) is 0 Å². The predicted octanol–water partition coefficient (Wildman–Crippen LogP) is 4.31. The minimum Gasteiger partial charge on any atom is -0.504 e. The molecule has 0 aliphatic carbocycles. The highest BCUT2D eigenvalue weighted by Gasteiger charge is 2.12. The second-order valence-corrected chi connectivity index (χ2v) is 5.13. The van der Waals surface area contributed by atoms with Gasteiger partial charge < -0.3 is 15.5 Å². The third-order valence-corrected chi connectivity index (χ3v) is 3.53. The van der Waals surface area contributed by atoms with E-state index in [4.69, 9.17) is 34.8 Å². The summed E-state index contributed by atoms with van der Waals surface area (Å²) in [6.07, 6.45) is 0. The molecule has 0 aromatic heterocycles. The molecule has 3 N–H and O–H groups in total. The van der Waals surface area contributed by atoms with Crippen molar-refractivity contribution in [3.8, 4) is 11.5 Å². The van der Waals surface area contributed by atoms with Gasteiger partial charge in [-0.3, -0.25) is 4.79 Å². The minimum atomic E-state index is -0.513. The topological polar surface area (TPSA) is 69.6 Å². The van der Waals surface area contributed by atoms with E-state index < -0.39 is 11.7 Å². The highest BCUT2D eigenvalue weighted by atomic mass is 35.5. The first-order chi connectivity index (χ1) is 9.38. The number of amides is 1. The summed E-state index contributed by atoms with van der Waals surface area (Å²) in [6, 6.07) is 6.53. The van der Waals surface area contributed by atoms with Crippen LogP contribution in [0.25, 0.3) is 0 Å². The van der Waals surface area contributed by atoms with Crippen molar-refractivity contribution in [1.82, 2.24) is 0 Å². The molecule has 0 aliphatic heterocycles. The Morgan fingerprint density at radius 3 is 2.20 bits per heavy atom. The van der Waals surface area contributed by atoms with Crippen LogP contribution in [0, 0.1) is 0 Å². The van der Waals surface area contributed by atoms with Gasteiger partial charge in [0.05, 0.1) is 20.8 Å². The Balaban J connectivity index is 2.27. The highest BCUT2D eigenvalue weighted by Crippen LogP contribution is 2.33. The maximum Gasteiger partial charge on any atom is 0.255 e. The lowest BCUT2D eigenvalue weighted by molar-refractivity contribution is 0.102. The third-order valence-electron chi connectivity index (χ3n) is 2.50. The number of hydrogen-bond donors (Lipinski definition) is 3. The number of hydrogen-bond acceptors (Lipinski definition) is 3. The third kappa shape index (κ3) is 3.10. The number of anilines is 1. The van der Waals surface area contributed by atoms with Crippen LogP contribution in [0.5, 0.6) is 11.5 Å². The van der Waals surface area contributed by atoms with E-state index in [9.17, 15) is 15.0 Å². The van der Waals surface area contributed by atoms with Crippen molar-refractivity contribution >= 4 is 46.4 Å². The number of phenolic OH excluding ortho intramolecular Hbond substituents is 2. The summed E-state index contributed by atoms with van der Waals surface area (Å²) in [6.45, 7) is 0. The lowest BCUT2D eigenvalue weighted by Crippen LogP contribution is -2.12. The Bertz CT molecular complexity index is 689. The van der Waals surface area contributed by atoms with Gasteiger partial charge in [0.25, 0.3) is 5.91 Å². The first kappa shape index (κ1) is 14.8. The van der Waals surface area contributed by atoms with Crippen molar-refractivity contribution in [2.75, 3.05) is 5.32 Å². The molecular weight excluding hydrogens is 325 g/mol. The molecule has 104 valence electrons. The Morgan fingerprint density at radius 1 is 0.900 bits per heavy atom. The molecule has 0 spiro atoms. The zero-order chi connectivity index (χ0) is 14.9. The van der Waals surface area contributed by atoms with Crippen LogP contribution in [0.3, 0.4) is 0 Å². The quantitative estimate of drug-likeness (QED) is 0.567. The molecule has 7 heteroatoms. The molecular formula is C13H8Cl3NO3. The molecule has 1 amide bonds. The van der Waals surface area contributed by atoms with Crippen LogP contribution in [0.15, 0.2) is 30.3 Å². The number of nitrogens with one attached hydrogen (secondary N) is 1. The van der Waals surface area contributed by atoms with Crippen molar-refractivity contribution in [1.29, 1.82) is 0 Å². The van der Waals surface area contributed by atoms with Crippen LogP contribution in [0.4, 0.5) is 5.69 Å². The largest absolute Gasteiger partial charge is 0.504 e. The average molecular weight is 333 g/mol. The highest BCUT2D eigenvalue weighted by molar-refractivity contribution is 6.44. The molecule has 4 nitrogen and oxygen atoms in total. The molecule has 0 heterocycles. The molecule has 2 aromatic rings. The molecule has 0 bridgehead atoms. The van der Waals surface area contributed by atoms with E-state index >= 15 is 0 Å². The number of carbonyl (C=O) groups is 1. The number of rotatable bonds is 2. The van der Waals surface area contributed by atoms with E-state index in [2.05, 4.69) is 5.32 Å². The first-order valence-electron chi connectivity index (χ1n) is 5.36. The van der Waals surface area contributed by atoms with Gasteiger partial charge in [-0.2, -0.15) is 0 Å². The summed E-state index contributed by atoms with van der Waals surface area (Å²) in [5, 5.41) is 21.8. The average Bonchev–Trinajstić information content (AvgIpc) is 2.39. The van der Waals surface area contributed by atoms with Gasteiger partial charge in [0.1, 0.15) is 0 Å². The van der Waals surface area contributed by atoms with Gasteiger partial charge in [-0.05, 0) is 30.3 Å². The second-order valence-electron chi connectivity index (χ2n) is 3.90. The number of halogens is 3. The summed E-state index contributed by atoms with van der Waals surface area (Å²) in [5.74, 6) is -1.22. The van der Waals surface area contributed by atoms with Crippen LogP contribution in [0.2, 0.25) is 15.1 Å². The van der Waals surface area contributed by atoms with Gasteiger partial charge in [-0.15, -0.1) is 0 Å². The number of carbonyl (C=O) groups excluding carboxylic acids is 1. The molecule has 0 aliphatic rings. The molecule has 20 heavy (non-hydrogen) atoms. The normalized spacial score (nSPS) is 10.3. The van der Waals surface area contributed by atoms with Crippen molar-refractivity contribution < 1.29 is 15.0 Å². The van der Waals surface area contributed by atoms with Crippen LogP contribution in [0.1, 0.15) is 10.4 Å². The summed E-state index contributed by atoms with van der Waals surface area (Å²) in [7, 11) is 0. The molecule has 0 unspecified atom stereocenters. The molecule has 0 fully saturated rings. The predicted molar refractivity (Wildman–Crippen MR) is 79.2 cm³/mol. The fraction of sp³-hybridized carbons (Fsp3) is 0. The van der Waals surface area contributed by atoms with E-state index in [0.717, 1.165) is 6.07 Å². The fourth-order valence-electron chi connectivity index (χ4n) is 1.48. The van der Waals surface area contributed by atoms with E-state index in [1.165, 1.54) is 24.3 Å². The van der Waals surface area contributed by atoms with Crippen molar-refractivity contribution in [2.45, 2.75) is 0 Å². The first-order valence-corrected chi connectivity index (χ1v) is 6.49. The lowest BCUT2D eigenvalue weighted by Gasteiger charge is -2.09. The van der Waals surface area contributed by atoms with Gasteiger partial charge in [0, 0.05) is 5.56 Å². The van der Waals surface area contributed by atoms with E-state index in [-0.39, 0.29) is 26.4 Å². The van der Waals surface area contributed by atoms with Crippen LogP contribution in [-0.4, -0.2) is 16.1 Å². The van der Waals surface area contributed by atoms with Crippen LogP contribution in [-0.2, 0) is 0 Å². The Hall–Kier alpha value is -1.62. The Morgan fingerprint density at radius 2 is 1.55 bits per heavy atom. The molecule has 0 saturated heterocycles. The second kappa shape index (κ2) is 5.79. The lowest BCUT2D eigenvalue weighted by atomic mass is 10.2. The molecule has 2 rings (SSSR count). The molecule has 0 radical (unpaired) electrons. The maximum atomic E-state index is 12.0.